The maximum Gasteiger partial charge on any atom is 0.328 e. The van der Waals surface area contributed by atoms with Crippen molar-refractivity contribution in [3.8, 4) is 5.75 Å². The van der Waals surface area contributed by atoms with Gasteiger partial charge in [-0.2, -0.15) is 0 Å². The van der Waals surface area contributed by atoms with Gasteiger partial charge < -0.3 is 14.5 Å². The summed E-state index contributed by atoms with van der Waals surface area (Å²) < 4.78 is 5.33. The third-order valence-electron chi connectivity index (χ3n) is 5.58. The van der Waals surface area contributed by atoms with E-state index in [0.717, 1.165) is 0 Å². The van der Waals surface area contributed by atoms with E-state index in [2.05, 4.69) is 4.98 Å². The number of carbonyl (C=O) groups excluding carboxylic acids is 3. The Morgan fingerprint density at radius 1 is 1.29 bits per heavy atom. The third kappa shape index (κ3) is 3.43. The van der Waals surface area contributed by atoms with Crippen LogP contribution in [0.5, 0.6) is 5.75 Å². The molecule has 0 aliphatic carbocycles. The Hall–Kier alpha value is -2.64. The second-order valence-corrected chi connectivity index (χ2v) is 7.87. The molecule has 8 nitrogen and oxygen atoms in total. The number of amides is 4. The number of aromatic nitrogens is 1. The van der Waals surface area contributed by atoms with Gasteiger partial charge >= 0.3 is 6.03 Å². The van der Waals surface area contributed by atoms with Gasteiger partial charge in [-0.15, -0.1) is 0 Å². The van der Waals surface area contributed by atoms with E-state index < -0.39 is 5.54 Å². The average molecular weight is 388 g/mol. The number of methoxy groups -OCH3 is 1. The van der Waals surface area contributed by atoms with Gasteiger partial charge in [-0.3, -0.25) is 19.5 Å². The molecule has 1 aromatic rings. The van der Waals surface area contributed by atoms with Crippen LogP contribution in [0.2, 0.25) is 0 Å². The van der Waals surface area contributed by atoms with Crippen molar-refractivity contribution in [3.63, 3.8) is 0 Å². The molecular weight excluding hydrogens is 360 g/mol. The van der Waals surface area contributed by atoms with Crippen molar-refractivity contribution in [2.45, 2.75) is 45.7 Å². The number of hydrogen-bond acceptors (Lipinski definition) is 5. The van der Waals surface area contributed by atoms with Crippen molar-refractivity contribution in [1.82, 2.24) is 19.7 Å². The summed E-state index contributed by atoms with van der Waals surface area (Å²) in [5.41, 5.74) is -0.329. The first-order chi connectivity index (χ1) is 13.3. The molecule has 2 saturated heterocycles. The molecule has 2 fully saturated rings. The Kier molecular flexibility index (Phi) is 5.58. The van der Waals surface area contributed by atoms with E-state index in [1.54, 1.807) is 28.1 Å². The molecular formula is C20H28N4O4. The predicted molar refractivity (Wildman–Crippen MR) is 102 cm³/mol. The average Bonchev–Trinajstić information content (AvgIpc) is 2.85. The van der Waals surface area contributed by atoms with E-state index in [1.807, 2.05) is 13.8 Å². The molecule has 0 saturated carbocycles. The Labute approximate surface area is 165 Å². The third-order valence-corrected chi connectivity index (χ3v) is 5.58. The summed E-state index contributed by atoms with van der Waals surface area (Å²) in [5.74, 6) is 0.570. The Morgan fingerprint density at radius 2 is 1.96 bits per heavy atom. The van der Waals surface area contributed by atoms with Gasteiger partial charge in [-0.05, 0) is 30.9 Å². The SMILES string of the molecule is COc1cccnc1CN1C(=O)N(CC(C)C)C2(CCN(C(C)=O)CC2)C1=O. The summed E-state index contributed by atoms with van der Waals surface area (Å²) >= 11 is 0. The summed E-state index contributed by atoms with van der Waals surface area (Å²) in [7, 11) is 1.54. The topological polar surface area (TPSA) is 83.1 Å². The van der Waals surface area contributed by atoms with Crippen LogP contribution in [0.4, 0.5) is 4.79 Å². The Bertz CT molecular complexity index is 771. The molecule has 0 atom stereocenters. The van der Waals surface area contributed by atoms with Gasteiger partial charge in [-0.1, -0.05) is 13.8 Å². The number of hydrogen-bond donors (Lipinski definition) is 0. The van der Waals surface area contributed by atoms with Crippen molar-refractivity contribution in [3.05, 3.63) is 24.0 Å². The molecule has 28 heavy (non-hydrogen) atoms. The molecule has 152 valence electrons. The molecule has 0 aromatic carbocycles. The number of piperidine rings is 1. The number of likely N-dealkylation sites (tertiary alicyclic amines) is 1. The van der Waals surface area contributed by atoms with Crippen molar-refractivity contribution < 1.29 is 19.1 Å². The van der Waals surface area contributed by atoms with Crippen LogP contribution in [0.3, 0.4) is 0 Å². The summed E-state index contributed by atoms with van der Waals surface area (Å²) in [6.45, 7) is 7.12. The van der Waals surface area contributed by atoms with E-state index in [0.29, 0.717) is 43.9 Å². The molecule has 1 spiro atoms. The standard InChI is InChI=1S/C20H28N4O4/c1-14(2)12-24-19(27)23(13-16-17(28-4)6-5-9-21-16)18(26)20(24)7-10-22(11-8-20)15(3)25/h5-6,9,14H,7-8,10-13H2,1-4H3. The lowest BCUT2D eigenvalue weighted by Gasteiger charge is -2.42. The summed E-state index contributed by atoms with van der Waals surface area (Å²) in [4.78, 5) is 47.4. The van der Waals surface area contributed by atoms with Crippen molar-refractivity contribution >= 4 is 17.8 Å². The number of pyridine rings is 1. The maximum atomic E-state index is 13.5. The number of urea groups is 1. The lowest BCUT2D eigenvalue weighted by atomic mass is 9.85. The molecule has 0 unspecified atom stereocenters. The molecule has 1 aromatic heterocycles. The minimum absolute atomic E-state index is 0.00268. The minimum atomic E-state index is -0.880. The summed E-state index contributed by atoms with van der Waals surface area (Å²) in [5, 5.41) is 0. The smallest absolute Gasteiger partial charge is 0.328 e. The van der Waals surface area contributed by atoms with Crippen LogP contribution in [0.15, 0.2) is 18.3 Å². The van der Waals surface area contributed by atoms with E-state index in [4.69, 9.17) is 4.74 Å². The lowest BCUT2D eigenvalue weighted by molar-refractivity contribution is -0.140. The maximum absolute atomic E-state index is 13.5. The number of nitrogens with zero attached hydrogens (tertiary/aromatic N) is 4. The van der Waals surface area contributed by atoms with E-state index >= 15 is 0 Å². The van der Waals surface area contributed by atoms with Crippen LogP contribution in [0.1, 0.15) is 39.3 Å². The molecule has 0 bridgehead atoms. The normalized spacial score (nSPS) is 19.1. The second-order valence-electron chi connectivity index (χ2n) is 7.87. The van der Waals surface area contributed by atoms with Crippen LogP contribution in [-0.4, -0.2) is 69.8 Å². The zero-order valence-corrected chi connectivity index (χ0v) is 17.0. The first-order valence-corrected chi connectivity index (χ1v) is 9.67. The van der Waals surface area contributed by atoms with Crippen molar-refractivity contribution in [2.24, 2.45) is 5.92 Å². The van der Waals surface area contributed by atoms with Gasteiger partial charge in [0, 0.05) is 32.8 Å². The first-order valence-electron chi connectivity index (χ1n) is 9.67. The zero-order valence-electron chi connectivity index (χ0n) is 17.0. The van der Waals surface area contributed by atoms with Crippen molar-refractivity contribution in [1.29, 1.82) is 0 Å². The van der Waals surface area contributed by atoms with Crippen LogP contribution in [-0.2, 0) is 16.1 Å². The Balaban J connectivity index is 1.90. The highest BCUT2D eigenvalue weighted by atomic mass is 16.5. The number of carbonyl (C=O) groups is 3. The fourth-order valence-corrected chi connectivity index (χ4v) is 4.09. The predicted octanol–water partition coefficient (Wildman–Crippen LogP) is 1.89. The molecule has 4 amide bonds. The largest absolute Gasteiger partial charge is 0.495 e. The van der Waals surface area contributed by atoms with Gasteiger partial charge in [-0.25, -0.2) is 4.79 Å². The van der Waals surface area contributed by atoms with Gasteiger partial charge in [0.15, 0.2) is 0 Å². The van der Waals surface area contributed by atoms with Gasteiger partial charge in [0.2, 0.25) is 5.91 Å². The van der Waals surface area contributed by atoms with Crippen LogP contribution in [0, 0.1) is 5.92 Å². The second kappa shape index (κ2) is 7.77. The minimum Gasteiger partial charge on any atom is -0.495 e. The fraction of sp³-hybridized carbons (Fsp3) is 0.600. The van der Waals surface area contributed by atoms with Gasteiger partial charge in [0.05, 0.1) is 13.7 Å². The molecule has 8 heteroatoms. The number of rotatable bonds is 5. The molecule has 3 rings (SSSR count). The molecule has 0 radical (unpaired) electrons. The van der Waals surface area contributed by atoms with E-state index in [1.165, 1.54) is 18.9 Å². The molecule has 0 N–H and O–H groups in total. The number of ether oxygens (including phenoxy) is 1. The fourth-order valence-electron chi connectivity index (χ4n) is 4.09. The van der Waals surface area contributed by atoms with E-state index in [9.17, 15) is 14.4 Å². The monoisotopic (exact) mass is 388 g/mol. The summed E-state index contributed by atoms with van der Waals surface area (Å²) in [6.07, 6.45) is 2.54. The highest BCUT2D eigenvalue weighted by Gasteiger charge is 2.58. The highest BCUT2D eigenvalue weighted by Crippen LogP contribution is 2.39. The Morgan fingerprint density at radius 3 is 2.54 bits per heavy atom. The van der Waals surface area contributed by atoms with Crippen LogP contribution in [0.25, 0.3) is 0 Å². The number of imide groups is 1. The zero-order chi connectivity index (χ0) is 20.5. The highest BCUT2D eigenvalue weighted by molar-refractivity contribution is 6.07. The van der Waals surface area contributed by atoms with Crippen LogP contribution >= 0.6 is 0 Å². The molecule has 3 heterocycles. The lowest BCUT2D eigenvalue weighted by Crippen LogP contribution is -2.57. The van der Waals surface area contributed by atoms with Crippen molar-refractivity contribution in [2.75, 3.05) is 26.7 Å². The van der Waals surface area contributed by atoms with Gasteiger partial charge in [0.25, 0.3) is 5.91 Å². The summed E-state index contributed by atoms with van der Waals surface area (Å²) in [6, 6.07) is 3.23. The quantitative estimate of drug-likeness (QED) is 0.720. The van der Waals surface area contributed by atoms with Crippen LogP contribution < -0.4 is 4.74 Å². The molecule has 2 aliphatic rings. The first kappa shape index (κ1) is 20.1. The molecule has 2 aliphatic heterocycles. The van der Waals surface area contributed by atoms with E-state index in [-0.39, 0.29) is 30.3 Å². The van der Waals surface area contributed by atoms with Gasteiger partial charge in [0.1, 0.15) is 17.0 Å².